The zero-order chi connectivity index (χ0) is 11.9. The normalized spacial score (nSPS) is 30.3. The third kappa shape index (κ3) is 4.13. The lowest BCUT2D eigenvalue weighted by Gasteiger charge is -2.18. The van der Waals surface area contributed by atoms with Crippen LogP contribution in [0, 0.1) is 17.8 Å². The van der Waals surface area contributed by atoms with E-state index in [0.717, 1.165) is 17.8 Å². The smallest absolute Gasteiger partial charge is 0.00147 e. The van der Waals surface area contributed by atoms with Crippen LogP contribution in [-0.4, -0.2) is 13.1 Å². The third-order valence-electron chi connectivity index (χ3n) is 4.53. The Hall–Kier alpha value is -0.300. The molecule has 0 aromatic rings. The van der Waals surface area contributed by atoms with Crippen LogP contribution >= 0.6 is 0 Å². The van der Waals surface area contributed by atoms with Crippen LogP contribution in [0.5, 0.6) is 0 Å². The number of hydrogen-bond acceptors (Lipinski definition) is 1. The summed E-state index contributed by atoms with van der Waals surface area (Å²) in [4.78, 5) is 0. The van der Waals surface area contributed by atoms with Gasteiger partial charge in [0.05, 0.1) is 0 Å². The van der Waals surface area contributed by atoms with Gasteiger partial charge in [-0.1, -0.05) is 51.2 Å². The minimum atomic E-state index is 0.914. The Morgan fingerprint density at radius 2 is 1.82 bits per heavy atom. The molecule has 1 nitrogen and oxygen atoms in total. The second kappa shape index (κ2) is 7.20. The number of hydrogen-bond donors (Lipinski definition) is 1. The van der Waals surface area contributed by atoms with Gasteiger partial charge < -0.3 is 5.32 Å². The third-order valence-corrected chi connectivity index (χ3v) is 4.53. The summed E-state index contributed by atoms with van der Waals surface area (Å²) >= 11 is 0. The fourth-order valence-electron chi connectivity index (χ4n) is 3.45. The van der Waals surface area contributed by atoms with Crippen molar-refractivity contribution in [1.29, 1.82) is 0 Å². The summed E-state index contributed by atoms with van der Waals surface area (Å²) in [6.45, 7) is 4.79. The molecule has 0 heterocycles. The predicted molar refractivity (Wildman–Crippen MR) is 75.1 cm³/mol. The van der Waals surface area contributed by atoms with Crippen LogP contribution in [0.2, 0.25) is 0 Å². The molecule has 0 aromatic carbocycles. The molecule has 3 atom stereocenters. The first kappa shape index (κ1) is 13.1. The SMILES string of the molecule is CCCCCCCCNCC1CC2C=CC1C2. The van der Waals surface area contributed by atoms with Gasteiger partial charge in [-0.3, -0.25) is 0 Å². The van der Waals surface area contributed by atoms with Gasteiger partial charge in [0.2, 0.25) is 0 Å². The predicted octanol–water partition coefficient (Wildman–Crippen LogP) is 4.15. The molecule has 0 aromatic heterocycles. The minimum absolute atomic E-state index is 0.914. The number of rotatable bonds is 9. The van der Waals surface area contributed by atoms with E-state index in [1.807, 2.05) is 0 Å². The largest absolute Gasteiger partial charge is 0.316 e. The molecule has 0 aliphatic heterocycles. The van der Waals surface area contributed by atoms with Crippen LogP contribution in [0.3, 0.4) is 0 Å². The lowest BCUT2D eigenvalue weighted by Crippen LogP contribution is -2.26. The molecule has 1 heteroatoms. The van der Waals surface area contributed by atoms with Gasteiger partial charge in [-0.05, 0) is 50.1 Å². The highest BCUT2D eigenvalue weighted by Gasteiger charge is 2.34. The van der Waals surface area contributed by atoms with Crippen LogP contribution in [0.25, 0.3) is 0 Å². The lowest BCUT2D eigenvalue weighted by atomic mass is 9.93. The van der Waals surface area contributed by atoms with Crippen LogP contribution in [0.4, 0.5) is 0 Å². The summed E-state index contributed by atoms with van der Waals surface area (Å²) < 4.78 is 0. The fourth-order valence-corrected chi connectivity index (χ4v) is 3.45. The van der Waals surface area contributed by atoms with Crippen molar-refractivity contribution in [3.8, 4) is 0 Å². The molecule has 0 spiro atoms. The number of allylic oxidation sites excluding steroid dienone is 2. The van der Waals surface area contributed by atoms with Crippen LogP contribution in [0.15, 0.2) is 12.2 Å². The van der Waals surface area contributed by atoms with Crippen molar-refractivity contribution in [2.24, 2.45) is 17.8 Å². The molecule has 0 radical (unpaired) electrons. The van der Waals surface area contributed by atoms with E-state index in [0.29, 0.717) is 0 Å². The van der Waals surface area contributed by atoms with Gasteiger partial charge >= 0.3 is 0 Å². The summed E-state index contributed by atoms with van der Waals surface area (Å²) in [5, 5.41) is 3.67. The van der Waals surface area contributed by atoms with E-state index in [9.17, 15) is 0 Å². The van der Waals surface area contributed by atoms with E-state index in [1.165, 1.54) is 64.5 Å². The van der Waals surface area contributed by atoms with Gasteiger partial charge in [0.15, 0.2) is 0 Å². The molecule has 1 fully saturated rings. The molecule has 2 aliphatic carbocycles. The van der Waals surface area contributed by atoms with Gasteiger partial charge in [-0.2, -0.15) is 0 Å². The van der Waals surface area contributed by atoms with Gasteiger partial charge in [0, 0.05) is 0 Å². The van der Waals surface area contributed by atoms with Crippen molar-refractivity contribution in [1.82, 2.24) is 5.32 Å². The van der Waals surface area contributed by atoms with Gasteiger partial charge in [-0.15, -0.1) is 0 Å². The second-order valence-corrected chi connectivity index (χ2v) is 6.01. The summed E-state index contributed by atoms with van der Waals surface area (Å²) in [7, 11) is 0. The molecule has 3 unspecified atom stereocenters. The van der Waals surface area contributed by atoms with E-state index in [4.69, 9.17) is 0 Å². The zero-order valence-corrected chi connectivity index (χ0v) is 11.5. The monoisotopic (exact) mass is 235 g/mol. The Labute approximate surface area is 107 Å². The van der Waals surface area contributed by atoms with Crippen molar-refractivity contribution in [2.75, 3.05) is 13.1 Å². The number of fused-ring (bicyclic) bond motifs is 2. The fraction of sp³-hybridized carbons (Fsp3) is 0.875. The summed E-state index contributed by atoms with van der Waals surface area (Å²) in [6, 6.07) is 0. The van der Waals surface area contributed by atoms with E-state index in [2.05, 4.69) is 24.4 Å². The summed E-state index contributed by atoms with van der Waals surface area (Å²) in [6.07, 6.45) is 16.2. The van der Waals surface area contributed by atoms with Crippen molar-refractivity contribution in [3.63, 3.8) is 0 Å². The zero-order valence-electron chi connectivity index (χ0n) is 11.5. The first-order chi connectivity index (χ1) is 8.40. The highest BCUT2D eigenvalue weighted by atomic mass is 14.9. The Morgan fingerprint density at radius 1 is 1.00 bits per heavy atom. The Kier molecular flexibility index (Phi) is 5.57. The van der Waals surface area contributed by atoms with Crippen molar-refractivity contribution >= 4 is 0 Å². The van der Waals surface area contributed by atoms with Crippen molar-refractivity contribution in [2.45, 2.75) is 58.3 Å². The topological polar surface area (TPSA) is 12.0 Å². The second-order valence-electron chi connectivity index (χ2n) is 6.01. The molecule has 1 saturated carbocycles. The Morgan fingerprint density at radius 3 is 2.53 bits per heavy atom. The summed E-state index contributed by atoms with van der Waals surface area (Å²) in [5.41, 5.74) is 0. The molecule has 2 aliphatic rings. The van der Waals surface area contributed by atoms with E-state index < -0.39 is 0 Å². The van der Waals surface area contributed by atoms with Crippen molar-refractivity contribution < 1.29 is 0 Å². The van der Waals surface area contributed by atoms with Gasteiger partial charge in [-0.25, -0.2) is 0 Å². The van der Waals surface area contributed by atoms with E-state index in [1.54, 1.807) is 0 Å². The lowest BCUT2D eigenvalue weighted by molar-refractivity contribution is 0.411. The maximum absolute atomic E-state index is 3.67. The average Bonchev–Trinajstić information content (AvgIpc) is 2.94. The van der Waals surface area contributed by atoms with Crippen LogP contribution in [-0.2, 0) is 0 Å². The molecular formula is C16H29N. The number of unbranched alkanes of at least 4 members (excludes halogenated alkanes) is 5. The van der Waals surface area contributed by atoms with E-state index in [-0.39, 0.29) is 0 Å². The highest BCUT2D eigenvalue weighted by molar-refractivity contribution is 5.10. The first-order valence-electron chi connectivity index (χ1n) is 7.79. The maximum Gasteiger partial charge on any atom is -0.00147 e. The first-order valence-corrected chi connectivity index (χ1v) is 7.79. The molecule has 0 saturated heterocycles. The van der Waals surface area contributed by atoms with Gasteiger partial charge in [0.25, 0.3) is 0 Å². The van der Waals surface area contributed by atoms with Crippen LogP contribution in [0.1, 0.15) is 58.3 Å². The molecule has 2 bridgehead atoms. The Bertz CT molecular complexity index is 234. The molecule has 2 rings (SSSR count). The Balaban J connectivity index is 1.41. The molecule has 98 valence electrons. The van der Waals surface area contributed by atoms with Crippen molar-refractivity contribution in [3.05, 3.63) is 12.2 Å². The molecule has 1 N–H and O–H groups in total. The van der Waals surface area contributed by atoms with Crippen LogP contribution < -0.4 is 5.32 Å². The standard InChI is InChI=1S/C16H29N/c1-2-3-4-5-6-7-10-17-13-16-12-14-8-9-15(16)11-14/h8-9,14-17H,2-7,10-13H2,1H3. The molecular weight excluding hydrogens is 206 g/mol. The average molecular weight is 235 g/mol. The highest BCUT2D eigenvalue weighted by Crippen LogP contribution is 2.42. The maximum atomic E-state index is 3.67. The summed E-state index contributed by atoms with van der Waals surface area (Å²) in [5.74, 6) is 2.79. The van der Waals surface area contributed by atoms with Gasteiger partial charge in [0.1, 0.15) is 0 Å². The quantitative estimate of drug-likeness (QED) is 0.467. The molecule has 17 heavy (non-hydrogen) atoms. The molecule has 0 amide bonds. The number of nitrogens with one attached hydrogen (secondary N) is 1. The van der Waals surface area contributed by atoms with E-state index >= 15 is 0 Å². The minimum Gasteiger partial charge on any atom is -0.316 e.